The summed E-state index contributed by atoms with van der Waals surface area (Å²) in [4.78, 5) is 26.8. The number of benzene rings is 2. The molecule has 166 valence electrons. The average molecular weight is 489 g/mol. The van der Waals surface area contributed by atoms with Crippen molar-refractivity contribution < 1.29 is 18.7 Å². The Balaban J connectivity index is 2.03. The number of aryl methyl sites for hydroxylation is 1. The highest BCUT2D eigenvalue weighted by Crippen LogP contribution is 2.42. The molecule has 2 aromatic rings. The zero-order valence-electron chi connectivity index (χ0n) is 18.6. The van der Waals surface area contributed by atoms with Crippen LogP contribution in [0.2, 0.25) is 0 Å². The molecule has 2 atom stereocenters. The molecule has 1 aliphatic rings. The van der Waals surface area contributed by atoms with E-state index in [1.54, 1.807) is 24.3 Å². The van der Waals surface area contributed by atoms with Crippen molar-refractivity contribution in [2.75, 3.05) is 0 Å². The molecular weight excluding hydrogens is 459 g/mol. The van der Waals surface area contributed by atoms with Gasteiger partial charge in [-0.3, -0.25) is 9.59 Å². The molecule has 1 aliphatic carbocycles. The summed E-state index contributed by atoms with van der Waals surface area (Å²) in [5.74, 6) is -0.927. The van der Waals surface area contributed by atoms with Crippen LogP contribution in [0.5, 0.6) is 11.5 Å². The molecule has 0 N–H and O–H groups in total. The fourth-order valence-corrected chi connectivity index (χ4v) is 4.72. The largest absolute Gasteiger partial charge is 0.454 e. The van der Waals surface area contributed by atoms with E-state index in [0.29, 0.717) is 28.6 Å². The lowest BCUT2D eigenvalue weighted by molar-refractivity contribution is -0.132. The summed E-state index contributed by atoms with van der Waals surface area (Å²) in [6.45, 7) is 8.32. The Kier molecular flexibility index (Phi) is 7.35. The van der Waals surface area contributed by atoms with Crippen LogP contribution in [0.4, 0.5) is 4.39 Å². The summed E-state index contributed by atoms with van der Waals surface area (Å²) in [6, 6.07) is 9.99. The molecule has 0 saturated heterocycles. The molecule has 0 bridgehead atoms. The van der Waals surface area contributed by atoms with Crippen LogP contribution in [-0.4, -0.2) is 11.6 Å². The molecule has 0 amide bonds. The highest BCUT2D eigenvalue weighted by atomic mass is 79.9. The Bertz CT molecular complexity index is 983. The molecular formula is C26H30BrFO3. The van der Waals surface area contributed by atoms with E-state index in [4.69, 9.17) is 4.74 Å². The number of halogens is 2. The molecule has 3 rings (SSSR count). The van der Waals surface area contributed by atoms with Gasteiger partial charge < -0.3 is 4.74 Å². The van der Waals surface area contributed by atoms with Gasteiger partial charge in [0.15, 0.2) is 17.3 Å². The summed E-state index contributed by atoms with van der Waals surface area (Å²) in [5, 5.41) is 0. The third-order valence-electron chi connectivity index (χ3n) is 6.65. The Morgan fingerprint density at radius 2 is 1.87 bits per heavy atom. The first kappa shape index (κ1) is 23.6. The first-order valence-electron chi connectivity index (χ1n) is 11.0. The van der Waals surface area contributed by atoms with Gasteiger partial charge in [-0.15, -0.1) is 0 Å². The number of ketones is 2. The molecule has 0 heterocycles. The van der Waals surface area contributed by atoms with Crippen molar-refractivity contribution in [2.24, 2.45) is 11.3 Å². The van der Waals surface area contributed by atoms with Gasteiger partial charge in [-0.2, -0.15) is 0 Å². The lowest BCUT2D eigenvalue weighted by atomic mass is 9.69. The van der Waals surface area contributed by atoms with Crippen molar-refractivity contribution in [1.29, 1.82) is 0 Å². The van der Waals surface area contributed by atoms with Crippen LogP contribution in [0.25, 0.3) is 0 Å². The minimum absolute atomic E-state index is 0.0102. The molecule has 0 aliphatic heterocycles. The van der Waals surface area contributed by atoms with Gasteiger partial charge in [-0.05, 0) is 66.1 Å². The number of carbonyl (C=O) groups is 2. The van der Waals surface area contributed by atoms with E-state index in [9.17, 15) is 14.0 Å². The molecule has 5 heteroatoms. The SMILES string of the molecule is CCc1ccc(Oc2ccc(Br)cc2F)cc1C1C(=O)CCCC(C(C)(C)CC)C1=O. The Hall–Kier alpha value is -2.01. The molecule has 1 fully saturated rings. The summed E-state index contributed by atoms with van der Waals surface area (Å²) >= 11 is 3.24. The van der Waals surface area contributed by atoms with Crippen LogP contribution >= 0.6 is 15.9 Å². The maximum Gasteiger partial charge on any atom is 0.166 e. The number of ether oxygens (including phenoxy) is 1. The van der Waals surface area contributed by atoms with E-state index in [1.165, 1.54) is 6.07 Å². The molecule has 31 heavy (non-hydrogen) atoms. The lowest BCUT2D eigenvalue weighted by Gasteiger charge is -2.33. The standard InChI is InChI=1S/C26H30BrFO3/c1-5-16-10-12-18(31-23-13-11-17(27)14-21(23)28)15-19(16)24-22(29)9-7-8-20(25(24)30)26(3,4)6-2/h10-15,20,24H,5-9H2,1-4H3. The van der Waals surface area contributed by atoms with Crippen molar-refractivity contribution in [3.05, 3.63) is 57.8 Å². The number of rotatable bonds is 6. The number of carbonyl (C=O) groups excluding carboxylic acids is 2. The quantitative estimate of drug-likeness (QED) is 0.314. The van der Waals surface area contributed by atoms with Gasteiger partial charge in [0, 0.05) is 16.8 Å². The fraction of sp³-hybridized carbons (Fsp3) is 0.462. The van der Waals surface area contributed by atoms with Crippen LogP contribution in [0.3, 0.4) is 0 Å². The smallest absolute Gasteiger partial charge is 0.166 e. The van der Waals surface area contributed by atoms with Crippen LogP contribution in [-0.2, 0) is 16.0 Å². The molecule has 1 saturated carbocycles. The van der Waals surface area contributed by atoms with Crippen molar-refractivity contribution in [2.45, 2.75) is 65.7 Å². The third-order valence-corrected chi connectivity index (χ3v) is 7.14. The fourth-order valence-electron chi connectivity index (χ4n) is 4.39. The zero-order valence-corrected chi connectivity index (χ0v) is 20.2. The first-order chi connectivity index (χ1) is 14.7. The van der Waals surface area contributed by atoms with Gasteiger partial charge in [-0.25, -0.2) is 4.39 Å². The maximum absolute atomic E-state index is 14.3. The van der Waals surface area contributed by atoms with Gasteiger partial charge in [0.25, 0.3) is 0 Å². The van der Waals surface area contributed by atoms with Crippen molar-refractivity contribution in [3.63, 3.8) is 0 Å². The number of hydrogen-bond donors (Lipinski definition) is 0. The maximum atomic E-state index is 14.3. The molecule has 2 aromatic carbocycles. The van der Waals surface area contributed by atoms with Crippen LogP contribution < -0.4 is 4.74 Å². The van der Waals surface area contributed by atoms with Crippen molar-refractivity contribution >= 4 is 27.5 Å². The molecule has 2 unspecified atom stereocenters. The van der Waals surface area contributed by atoms with E-state index in [1.807, 2.05) is 13.0 Å². The van der Waals surface area contributed by atoms with E-state index in [0.717, 1.165) is 24.8 Å². The second-order valence-corrected chi connectivity index (χ2v) is 9.90. The Morgan fingerprint density at radius 1 is 1.13 bits per heavy atom. The zero-order chi connectivity index (χ0) is 22.8. The second kappa shape index (κ2) is 9.64. The normalized spacial score (nSPS) is 19.9. The van der Waals surface area contributed by atoms with Crippen LogP contribution in [0.15, 0.2) is 40.9 Å². The minimum atomic E-state index is -0.786. The van der Waals surface area contributed by atoms with Crippen LogP contribution in [0.1, 0.15) is 70.4 Å². The summed E-state index contributed by atoms with van der Waals surface area (Å²) < 4.78 is 20.7. The first-order valence-corrected chi connectivity index (χ1v) is 11.8. The summed E-state index contributed by atoms with van der Waals surface area (Å²) in [6.07, 6.45) is 3.45. The second-order valence-electron chi connectivity index (χ2n) is 8.98. The average Bonchev–Trinajstić information content (AvgIpc) is 2.88. The van der Waals surface area contributed by atoms with Crippen molar-refractivity contribution in [3.8, 4) is 11.5 Å². The molecule has 3 nitrogen and oxygen atoms in total. The number of hydrogen-bond acceptors (Lipinski definition) is 3. The van der Waals surface area contributed by atoms with Gasteiger partial charge >= 0.3 is 0 Å². The Labute approximate surface area is 192 Å². The number of Topliss-reactive ketones (excluding diaryl/α,β-unsaturated/α-hetero) is 2. The monoisotopic (exact) mass is 488 g/mol. The highest BCUT2D eigenvalue weighted by Gasteiger charge is 2.42. The van der Waals surface area contributed by atoms with Gasteiger partial charge in [0.05, 0.1) is 0 Å². The third kappa shape index (κ3) is 5.08. The highest BCUT2D eigenvalue weighted by molar-refractivity contribution is 9.10. The summed E-state index contributed by atoms with van der Waals surface area (Å²) in [5.41, 5.74) is 1.48. The topological polar surface area (TPSA) is 43.4 Å². The van der Waals surface area contributed by atoms with Gasteiger partial charge in [-0.1, -0.05) is 56.1 Å². The van der Waals surface area contributed by atoms with E-state index < -0.39 is 11.7 Å². The minimum Gasteiger partial charge on any atom is -0.454 e. The van der Waals surface area contributed by atoms with Gasteiger partial charge in [0.1, 0.15) is 17.5 Å². The molecule has 0 aromatic heterocycles. The van der Waals surface area contributed by atoms with E-state index in [-0.39, 0.29) is 28.6 Å². The molecule has 0 spiro atoms. The Morgan fingerprint density at radius 3 is 2.52 bits per heavy atom. The van der Waals surface area contributed by atoms with E-state index >= 15 is 0 Å². The summed E-state index contributed by atoms with van der Waals surface area (Å²) in [7, 11) is 0. The van der Waals surface area contributed by atoms with E-state index in [2.05, 4.69) is 36.7 Å². The molecule has 0 radical (unpaired) electrons. The predicted molar refractivity (Wildman–Crippen MR) is 124 cm³/mol. The van der Waals surface area contributed by atoms with Crippen LogP contribution in [0, 0.1) is 17.2 Å². The lowest BCUT2D eigenvalue weighted by Crippen LogP contribution is -2.35. The predicted octanol–water partition coefficient (Wildman–Crippen LogP) is 7.40. The van der Waals surface area contributed by atoms with Gasteiger partial charge in [0.2, 0.25) is 0 Å². The van der Waals surface area contributed by atoms with Crippen molar-refractivity contribution in [1.82, 2.24) is 0 Å².